The molecule has 0 aliphatic rings. The number of nitrogens with two attached hydrogens (primary N) is 1. The number of halogens is 1. The van der Waals surface area contributed by atoms with Crippen LogP contribution in [-0.2, 0) is 32.5 Å². The summed E-state index contributed by atoms with van der Waals surface area (Å²) in [5, 5.41) is 16.6. The Labute approximate surface area is 201 Å². The third kappa shape index (κ3) is 8.65. The number of benzene rings is 2. The smallest absolute Gasteiger partial charge is 0.322 e. The van der Waals surface area contributed by atoms with Gasteiger partial charge in [-0.2, -0.15) is 4.72 Å². The van der Waals surface area contributed by atoms with E-state index in [1.54, 1.807) is 36.4 Å². The summed E-state index contributed by atoms with van der Waals surface area (Å²) >= 11 is 3.32. The Morgan fingerprint density at radius 3 is 2.52 bits per heavy atom. The number of rotatable bonds is 13. The summed E-state index contributed by atoms with van der Waals surface area (Å²) in [7, 11) is -4.03. The Morgan fingerprint density at radius 2 is 1.91 bits per heavy atom. The number of aliphatic carboxylic acids is 1. The number of aryl methyl sites for hydroxylation is 1. The zero-order valence-electron chi connectivity index (χ0n) is 18.0. The molecule has 0 amide bonds. The molecule has 0 spiro atoms. The first-order chi connectivity index (χ1) is 15.6. The van der Waals surface area contributed by atoms with Crippen LogP contribution in [0.5, 0.6) is 5.75 Å². The molecular formula is C21H27BrN4O6S. The van der Waals surface area contributed by atoms with Gasteiger partial charge in [0, 0.05) is 10.9 Å². The summed E-state index contributed by atoms with van der Waals surface area (Å²) < 4.78 is 34.4. The van der Waals surface area contributed by atoms with Crippen LogP contribution in [0.4, 0.5) is 0 Å². The highest BCUT2D eigenvalue weighted by atomic mass is 79.9. The number of ether oxygens (including phenoxy) is 1. The van der Waals surface area contributed by atoms with Crippen LogP contribution in [0.2, 0.25) is 0 Å². The first-order valence-corrected chi connectivity index (χ1v) is 12.4. The zero-order valence-corrected chi connectivity index (χ0v) is 20.4. The monoisotopic (exact) mass is 542 g/mol. The first kappa shape index (κ1) is 26.6. The van der Waals surface area contributed by atoms with Gasteiger partial charge in [0.25, 0.3) is 0 Å². The highest BCUT2D eigenvalue weighted by Gasteiger charge is 2.27. The Balaban J connectivity index is 1.98. The zero-order chi connectivity index (χ0) is 24.4. The molecule has 0 radical (unpaired) electrons. The van der Waals surface area contributed by atoms with E-state index in [1.165, 1.54) is 6.07 Å². The third-order valence-corrected chi connectivity index (χ3v) is 6.56. The number of guanidine groups is 1. The van der Waals surface area contributed by atoms with Crippen LogP contribution in [0.1, 0.15) is 24.5 Å². The minimum Gasteiger partial charge on any atom is -0.494 e. The van der Waals surface area contributed by atoms with Crippen molar-refractivity contribution in [3.05, 3.63) is 58.1 Å². The lowest BCUT2D eigenvalue weighted by atomic mass is 10.1. The highest BCUT2D eigenvalue weighted by molar-refractivity contribution is 9.10. The number of hydrogen-bond acceptors (Lipinski definition) is 6. The van der Waals surface area contributed by atoms with E-state index < -0.39 is 22.0 Å². The van der Waals surface area contributed by atoms with Crippen molar-refractivity contribution in [2.75, 3.05) is 13.2 Å². The van der Waals surface area contributed by atoms with E-state index in [0.29, 0.717) is 42.9 Å². The molecule has 0 unspecified atom stereocenters. The van der Waals surface area contributed by atoms with Crippen molar-refractivity contribution in [3.8, 4) is 5.75 Å². The summed E-state index contributed by atoms with van der Waals surface area (Å²) in [4.78, 5) is 16.7. The maximum Gasteiger partial charge on any atom is 0.322 e. The molecule has 0 aliphatic carbocycles. The SMILES string of the molecule is CCc1cc(Br)ccc1S(=O)(=O)N[C@@H](Cc1ccc(OCCCONC(=N)N)cc1)C(=O)O. The van der Waals surface area contributed by atoms with Crippen LogP contribution in [0.3, 0.4) is 0 Å². The highest BCUT2D eigenvalue weighted by Crippen LogP contribution is 2.22. The first-order valence-electron chi connectivity index (χ1n) is 10.1. The van der Waals surface area contributed by atoms with Crippen molar-refractivity contribution in [1.29, 1.82) is 5.41 Å². The fourth-order valence-corrected chi connectivity index (χ4v) is 4.81. The van der Waals surface area contributed by atoms with E-state index in [2.05, 4.69) is 26.1 Å². The lowest BCUT2D eigenvalue weighted by molar-refractivity contribution is -0.138. The Kier molecular flexibility index (Phi) is 10.1. The van der Waals surface area contributed by atoms with Gasteiger partial charge in [0.2, 0.25) is 16.0 Å². The minimum absolute atomic E-state index is 0.0304. The average molecular weight is 543 g/mol. The molecule has 1 atom stereocenters. The second-order valence-corrected chi connectivity index (χ2v) is 9.63. The maximum atomic E-state index is 12.9. The van der Waals surface area contributed by atoms with Crippen LogP contribution < -0.4 is 20.7 Å². The Bertz CT molecular complexity index is 1060. The van der Waals surface area contributed by atoms with Gasteiger partial charge in [0.05, 0.1) is 18.1 Å². The fourth-order valence-electron chi connectivity index (χ4n) is 2.92. The molecule has 0 fully saturated rings. The van der Waals surface area contributed by atoms with Crippen molar-refractivity contribution < 1.29 is 27.9 Å². The van der Waals surface area contributed by atoms with Crippen molar-refractivity contribution in [1.82, 2.24) is 10.2 Å². The Morgan fingerprint density at radius 1 is 1.21 bits per heavy atom. The van der Waals surface area contributed by atoms with Crippen molar-refractivity contribution in [2.45, 2.75) is 37.1 Å². The average Bonchev–Trinajstić information content (AvgIpc) is 2.76. The molecule has 0 aliphatic heterocycles. The largest absolute Gasteiger partial charge is 0.494 e. The summed E-state index contributed by atoms with van der Waals surface area (Å²) in [5.41, 5.74) is 8.53. The molecule has 0 saturated heterocycles. The van der Waals surface area contributed by atoms with Gasteiger partial charge in [0.15, 0.2) is 0 Å². The van der Waals surface area contributed by atoms with Crippen LogP contribution in [0, 0.1) is 5.41 Å². The molecule has 2 aromatic carbocycles. The second-order valence-electron chi connectivity index (χ2n) is 7.03. The van der Waals surface area contributed by atoms with Crippen molar-refractivity contribution in [2.24, 2.45) is 5.73 Å². The molecule has 0 aromatic heterocycles. The number of nitrogens with one attached hydrogen (secondary N) is 3. The summed E-state index contributed by atoms with van der Waals surface area (Å²) in [6.07, 6.45) is 1.01. The maximum absolute atomic E-state index is 12.9. The summed E-state index contributed by atoms with van der Waals surface area (Å²) in [5.74, 6) is -0.975. The summed E-state index contributed by atoms with van der Waals surface area (Å²) in [6.45, 7) is 2.49. The Hall–Kier alpha value is -2.67. The number of hydroxylamine groups is 1. The van der Waals surface area contributed by atoms with E-state index in [9.17, 15) is 18.3 Å². The van der Waals surface area contributed by atoms with Crippen LogP contribution in [0.15, 0.2) is 51.8 Å². The van der Waals surface area contributed by atoms with Gasteiger partial charge >= 0.3 is 5.97 Å². The van der Waals surface area contributed by atoms with Gasteiger partial charge in [-0.1, -0.05) is 35.0 Å². The van der Waals surface area contributed by atoms with Crippen molar-refractivity contribution >= 4 is 37.9 Å². The van der Waals surface area contributed by atoms with Gasteiger partial charge in [-0.3, -0.25) is 15.0 Å². The van der Waals surface area contributed by atoms with E-state index >= 15 is 0 Å². The normalized spacial score (nSPS) is 12.2. The minimum atomic E-state index is -4.03. The van der Waals surface area contributed by atoms with Gasteiger partial charge in [-0.25, -0.2) is 13.9 Å². The predicted octanol–water partition coefficient (Wildman–Crippen LogP) is 2.17. The molecule has 12 heteroatoms. The summed E-state index contributed by atoms with van der Waals surface area (Å²) in [6, 6.07) is 10.2. The number of sulfonamides is 1. The molecule has 33 heavy (non-hydrogen) atoms. The molecule has 6 N–H and O–H groups in total. The standard InChI is InChI=1S/C21H27BrN4O6S/c1-2-15-13-16(22)6-9-19(15)33(29,30)26-18(20(27)28)12-14-4-7-17(8-5-14)31-10-3-11-32-25-21(23)24/h4-9,13,18,26H,2-3,10-12H2,1H3,(H,27,28)(H4,23,24,25)/t18-/m0/s1. The third-order valence-electron chi connectivity index (χ3n) is 4.49. The lowest BCUT2D eigenvalue weighted by Crippen LogP contribution is -2.42. The molecular weight excluding hydrogens is 516 g/mol. The van der Waals surface area contributed by atoms with Gasteiger partial charge in [-0.05, 0) is 54.3 Å². The van der Waals surface area contributed by atoms with Crippen LogP contribution in [-0.4, -0.2) is 44.7 Å². The molecule has 180 valence electrons. The van der Waals surface area contributed by atoms with Crippen LogP contribution in [0.25, 0.3) is 0 Å². The quantitative estimate of drug-likeness (QED) is 0.111. The van der Waals surface area contributed by atoms with Gasteiger partial charge < -0.3 is 15.6 Å². The van der Waals surface area contributed by atoms with E-state index in [0.717, 1.165) is 4.47 Å². The number of carboxylic acid groups (broad SMARTS) is 1. The van der Waals surface area contributed by atoms with Gasteiger partial charge in [0.1, 0.15) is 11.8 Å². The van der Waals surface area contributed by atoms with E-state index in [-0.39, 0.29) is 17.3 Å². The van der Waals surface area contributed by atoms with Gasteiger partial charge in [-0.15, -0.1) is 0 Å². The van der Waals surface area contributed by atoms with E-state index in [1.807, 2.05) is 6.92 Å². The van der Waals surface area contributed by atoms with E-state index in [4.69, 9.17) is 20.7 Å². The molecule has 2 aromatic rings. The fraction of sp³-hybridized carbons (Fsp3) is 0.333. The molecule has 0 heterocycles. The number of carbonyl (C=O) groups is 1. The molecule has 0 saturated carbocycles. The topological polar surface area (TPSA) is 164 Å². The number of carboxylic acids is 1. The second kappa shape index (κ2) is 12.5. The van der Waals surface area contributed by atoms with Crippen LogP contribution >= 0.6 is 15.9 Å². The predicted molar refractivity (Wildman–Crippen MR) is 127 cm³/mol. The molecule has 2 rings (SSSR count). The lowest BCUT2D eigenvalue weighted by Gasteiger charge is -2.17. The molecule has 0 bridgehead atoms. The van der Waals surface area contributed by atoms with Crippen molar-refractivity contribution in [3.63, 3.8) is 0 Å². The number of hydrogen-bond donors (Lipinski definition) is 5. The molecule has 10 nitrogen and oxygen atoms in total.